The molecule has 4 aromatic carbocycles. The summed E-state index contributed by atoms with van der Waals surface area (Å²) >= 11 is 0. The van der Waals surface area contributed by atoms with Gasteiger partial charge in [-0.15, -0.1) is 0 Å². The van der Waals surface area contributed by atoms with Gasteiger partial charge in [0.25, 0.3) is 0 Å². The van der Waals surface area contributed by atoms with Gasteiger partial charge in [0.05, 0.1) is 28.4 Å². The largest absolute Gasteiger partial charge is 0.636 e. The van der Waals surface area contributed by atoms with Crippen LogP contribution in [0.2, 0.25) is 0 Å². The van der Waals surface area contributed by atoms with Crippen LogP contribution in [0.5, 0.6) is 23.0 Å². The molecule has 0 radical (unpaired) electrons. The molecule has 0 aromatic heterocycles. The van der Waals surface area contributed by atoms with Gasteiger partial charge in [-0.05, 0) is 134 Å². The van der Waals surface area contributed by atoms with Crippen LogP contribution in [0.15, 0.2) is 97.1 Å². The number of hydrogen-bond acceptors (Lipinski definition) is 7. The van der Waals surface area contributed by atoms with Gasteiger partial charge in [0.1, 0.15) is 23.0 Å². The zero-order chi connectivity index (χ0) is 34.0. The molecule has 0 amide bonds. The van der Waals surface area contributed by atoms with E-state index < -0.39 is 7.32 Å². The summed E-state index contributed by atoms with van der Waals surface area (Å²) < 4.78 is 32.7. The van der Waals surface area contributed by atoms with Crippen molar-refractivity contribution in [1.82, 2.24) is 0 Å². The normalized spacial score (nSPS) is 11.1. The van der Waals surface area contributed by atoms with E-state index in [4.69, 9.17) is 28.3 Å². The first-order valence-corrected chi connectivity index (χ1v) is 16.9. The van der Waals surface area contributed by atoms with Crippen molar-refractivity contribution in [1.29, 1.82) is 0 Å². The van der Waals surface area contributed by atoms with Gasteiger partial charge in [0.15, 0.2) is 0 Å². The van der Waals surface area contributed by atoms with Gasteiger partial charge in [0.2, 0.25) is 0 Å². The molecular weight excluding hydrogens is 603 g/mol. The molecule has 0 heterocycles. The van der Waals surface area contributed by atoms with E-state index in [1.54, 1.807) is 28.4 Å². The molecule has 0 aliphatic carbocycles. The average Bonchev–Trinajstić information content (AvgIpc) is 3.13. The van der Waals surface area contributed by atoms with E-state index in [1.807, 2.05) is 48.5 Å². The van der Waals surface area contributed by atoms with Crippen molar-refractivity contribution in [3.05, 3.63) is 119 Å². The summed E-state index contributed by atoms with van der Waals surface area (Å²) in [6.45, 7) is 0.862. The van der Waals surface area contributed by atoms with Crippen LogP contribution in [0.3, 0.4) is 0 Å². The molecular formula is C40H51BO7. The molecule has 1 N–H and O–H groups in total. The fraction of sp³-hybridized carbons (Fsp3) is 0.400. The molecule has 0 aliphatic heterocycles. The molecule has 0 aliphatic rings. The van der Waals surface area contributed by atoms with Crippen LogP contribution in [0.25, 0.3) is 0 Å². The van der Waals surface area contributed by atoms with Crippen molar-refractivity contribution in [3.63, 3.8) is 0 Å². The van der Waals surface area contributed by atoms with Crippen LogP contribution in [0.4, 0.5) is 0 Å². The highest BCUT2D eigenvalue weighted by molar-refractivity contribution is 6.34. The highest BCUT2D eigenvalue weighted by Gasteiger charge is 2.18. The molecule has 7 nitrogen and oxygen atoms in total. The lowest BCUT2D eigenvalue weighted by atomic mass is 9.89. The zero-order valence-corrected chi connectivity index (χ0v) is 28.9. The molecule has 0 atom stereocenters. The van der Waals surface area contributed by atoms with Crippen LogP contribution in [-0.4, -0.2) is 54.0 Å². The minimum Gasteiger partial charge on any atom is -0.497 e. The maximum atomic E-state index is 10.4. The van der Waals surface area contributed by atoms with Crippen LogP contribution in [-0.2, 0) is 35.0 Å². The average molecular weight is 655 g/mol. The standard InChI is InChI=1S/C40H51BO7/c1-43-37-17-9-31(10-18-37)27-35(28-32-11-19-38(44-2)20-12-32)7-5-25-47-41(42)48-26-6-8-36(29-33-13-21-39(45-3)22-14-33)30-34-15-23-40(46-4)24-16-34/h9-24,35-36,42H,5-8,25-30H2,1-4H3. The van der Waals surface area contributed by atoms with E-state index in [9.17, 15) is 5.02 Å². The second-order valence-corrected chi connectivity index (χ2v) is 12.3. The number of ether oxygens (including phenoxy) is 4. The number of benzene rings is 4. The lowest BCUT2D eigenvalue weighted by Gasteiger charge is -2.19. The Morgan fingerprint density at radius 2 is 0.688 bits per heavy atom. The molecule has 48 heavy (non-hydrogen) atoms. The van der Waals surface area contributed by atoms with Crippen molar-refractivity contribution < 1.29 is 33.3 Å². The van der Waals surface area contributed by atoms with E-state index in [1.165, 1.54) is 22.3 Å². The Balaban J connectivity index is 1.22. The predicted octanol–water partition coefficient (Wildman–Crippen LogP) is 7.79. The zero-order valence-electron chi connectivity index (χ0n) is 28.9. The first-order valence-electron chi connectivity index (χ1n) is 16.9. The monoisotopic (exact) mass is 654 g/mol. The quantitative estimate of drug-likeness (QED) is 0.0685. The third-order valence-corrected chi connectivity index (χ3v) is 8.77. The minimum atomic E-state index is -1.23. The van der Waals surface area contributed by atoms with Crippen LogP contribution >= 0.6 is 0 Å². The van der Waals surface area contributed by atoms with Crippen LogP contribution in [0.1, 0.15) is 47.9 Å². The second kappa shape index (κ2) is 20.4. The number of methoxy groups -OCH3 is 4. The maximum Gasteiger partial charge on any atom is 0.636 e. The lowest BCUT2D eigenvalue weighted by Crippen LogP contribution is -2.24. The van der Waals surface area contributed by atoms with E-state index in [-0.39, 0.29) is 0 Å². The third kappa shape index (κ3) is 12.9. The van der Waals surface area contributed by atoms with E-state index in [2.05, 4.69) is 48.5 Å². The molecule has 4 rings (SSSR count). The molecule has 0 fully saturated rings. The molecule has 256 valence electrons. The van der Waals surface area contributed by atoms with Crippen molar-refractivity contribution >= 4 is 7.32 Å². The fourth-order valence-electron chi connectivity index (χ4n) is 6.09. The van der Waals surface area contributed by atoms with Crippen LogP contribution in [0, 0.1) is 11.8 Å². The van der Waals surface area contributed by atoms with Gasteiger partial charge in [0, 0.05) is 13.2 Å². The first-order chi connectivity index (χ1) is 23.5. The summed E-state index contributed by atoms with van der Waals surface area (Å²) in [7, 11) is 5.51. The van der Waals surface area contributed by atoms with Crippen molar-refractivity contribution in [2.75, 3.05) is 41.7 Å². The molecule has 0 spiro atoms. The Bertz CT molecular complexity index is 1220. The van der Waals surface area contributed by atoms with Crippen molar-refractivity contribution in [2.24, 2.45) is 11.8 Å². The van der Waals surface area contributed by atoms with Gasteiger partial charge in [-0.2, -0.15) is 0 Å². The maximum absolute atomic E-state index is 10.4. The van der Waals surface area contributed by atoms with Gasteiger partial charge < -0.3 is 33.3 Å². The van der Waals surface area contributed by atoms with Crippen LogP contribution < -0.4 is 18.9 Å². The van der Waals surface area contributed by atoms with E-state index in [0.29, 0.717) is 25.0 Å². The Kier molecular flexibility index (Phi) is 15.7. The first kappa shape index (κ1) is 36.9. The van der Waals surface area contributed by atoms with Crippen molar-refractivity contribution in [3.8, 4) is 23.0 Å². The lowest BCUT2D eigenvalue weighted by molar-refractivity contribution is 0.125. The predicted molar refractivity (Wildman–Crippen MR) is 192 cm³/mol. The Labute approximate surface area is 287 Å². The molecule has 8 heteroatoms. The number of rotatable bonds is 22. The van der Waals surface area contributed by atoms with Crippen molar-refractivity contribution in [2.45, 2.75) is 51.4 Å². The fourth-order valence-corrected chi connectivity index (χ4v) is 6.09. The second-order valence-electron chi connectivity index (χ2n) is 12.3. The minimum absolute atomic E-state index is 0.418. The highest BCUT2D eigenvalue weighted by Crippen LogP contribution is 2.25. The molecule has 0 bridgehead atoms. The van der Waals surface area contributed by atoms with E-state index >= 15 is 0 Å². The Morgan fingerprint density at radius 3 is 0.917 bits per heavy atom. The smallest absolute Gasteiger partial charge is 0.497 e. The summed E-state index contributed by atoms with van der Waals surface area (Å²) in [6, 6.07) is 33.1. The summed E-state index contributed by atoms with van der Waals surface area (Å²) in [6.07, 6.45) is 7.36. The Morgan fingerprint density at radius 1 is 0.438 bits per heavy atom. The van der Waals surface area contributed by atoms with Gasteiger partial charge in [-0.25, -0.2) is 0 Å². The van der Waals surface area contributed by atoms with Gasteiger partial charge in [-0.3, -0.25) is 0 Å². The third-order valence-electron chi connectivity index (χ3n) is 8.77. The topological polar surface area (TPSA) is 75.6 Å². The Hall–Kier alpha value is -3.98. The molecule has 0 saturated heterocycles. The summed E-state index contributed by atoms with van der Waals surface area (Å²) in [5.41, 5.74) is 5.10. The molecule has 4 aromatic rings. The van der Waals surface area contributed by atoms with Gasteiger partial charge >= 0.3 is 7.32 Å². The molecule has 0 unspecified atom stereocenters. The SMILES string of the molecule is COc1ccc(CC(CCCOB(O)OCCCC(Cc2ccc(OC)cc2)Cc2ccc(OC)cc2)Cc2ccc(OC)cc2)cc1. The number of hydrogen-bond donors (Lipinski definition) is 1. The summed E-state index contributed by atoms with van der Waals surface area (Å²) in [5, 5.41) is 10.4. The summed E-state index contributed by atoms with van der Waals surface area (Å²) in [5.74, 6) is 4.27. The van der Waals surface area contributed by atoms with Gasteiger partial charge in [-0.1, -0.05) is 48.5 Å². The highest BCUT2D eigenvalue weighted by atomic mass is 16.7. The summed E-state index contributed by atoms with van der Waals surface area (Å²) in [4.78, 5) is 0. The molecule has 0 saturated carbocycles. The van der Waals surface area contributed by atoms with E-state index in [0.717, 1.165) is 74.4 Å².